The van der Waals surface area contributed by atoms with Crippen LogP contribution in [0.4, 0.5) is 5.69 Å². The molecule has 1 aromatic heterocycles. The van der Waals surface area contributed by atoms with Crippen molar-refractivity contribution in [3.05, 3.63) is 51.7 Å². The number of hydrogen-bond acceptors (Lipinski definition) is 4. The van der Waals surface area contributed by atoms with Crippen molar-refractivity contribution in [1.82, 2.24) is 4.90 Å². The van der Waals surface area contributed by atoms with Crippen LogP contribution < -0.4 is 5.32 Å². The molecule has 0 fully saturated rings. The highest BCUT2D eigenvalue weighted by atomic mass is 32.1. The van der Waals surface area contributed by atoms with Gasteiger partial charge in [-0.2, -0.15) is 5.26 Å². The maximum atomic E-state index is 12.1. The topological polar surface area (TPSA) is 56.1 Å². The standard InChI is InChI=1S/C16H15N3OS/c17-9-12-1-3-14(4-2-12)18-16(20)11-19-7-5-15-13(10-19)6-8-21-15/h1-4,6,8H,5,7,10-11H2,(H,18,20). The molecule has 3 rings (SSSR count). The van der Waals surface area contributed by atoms with Crippen LogP contribution in [0, 0.1) is 11.3 Å². The number of thiophene rings is 1. The Morgan fingerprint density at radius 1 is 1.33 bits per heavy atom. The second kappa shape index (κ2) is 6.08. The SMILES string of the molecule is N#Cc1ccc(NC(=O)CN2CCc3sccc3C2)cc1. The number of benzene rings is 1. The van der Waals surface area contributed by atoms with Crippen molar-refractivity contribution in [3.8, 4) is 6.07 Å². The minimum Gasteiger partial charge on any atom is -0.325 e. The molecule has 0 spiro atoms. The van der Waals surface area contributed by atoms with Gasteiger partial charge in [0, 0.05) is 23.7 Å². The molecule has 106 valence electrons. The first kappa shape index (κ1) is 13.8. The Labute approximate surface area is 127 Å². The molecule has 1 amide bonds. The van der Waals surface area contributed by atoms with Crippen LogP contribution in [-0.2, 0) is 17.8 Å². The molecule has 1 N–H and O–H groups in total. The lowest BCUT2D eigenvalue weighted by Crippen LogP contribution is -2.36. The fraction of sp³-hybridized carbons (Fsp3) is 0.250. The summed E-state index contributed by atoms with van der Waals surface area (Å²) in [5, 5.41) is 13.7. The van der Waals surface area contributed by atoms with Crippen LogP contribution in [0.1, 0.15) is 16.0 Å². The molecule has 0 saturated heterocycles. The molecule has 1 aliphatic rings. The number of amides is 1. The summed E-state index contributed by atoms with van der Waals surface area (Å²) in [6.07, 6.45) is 1.02. The van der Waals surface area contributed by atoms with E-state index in [1.54, 1.807) is 35.6 Å². The molecule has 0 atom stereocenters. The zero-order valence-corrected chi connectivity index (χ0v) is 12.3. The number of rotatable bonds is 3. The molecule has 0 unspecified atom stereocenters. The van der Waals surface area contributed by atoms with Gasteiger partial charge >= 0.3 is 0 Å². The zero-order valence-electron chi connectivity index (χ0n) is 11.5. The van der Waals surface area contributed by atoms with E-state index >= 15 is 0 Å². The second-order valence-electron chi connectivity index (χ2n) is 5.07. The number of nitrogens with one attached hydrogen (secondary N) is 1. The average molecular weight is 297 g/mol. The Morgan fingerprint density at radius 2 is 2.14 bits per heavy atom. The number of fused-ring (bicyclic) bond motifs is 1. The van der Waals surface area contributed by atoms with Gasteiger partial charge in [0.1, 0.15) is 0 Å². The van der Waals surface area contributed by atoms with Crippen LogP contribution in [0.25, 0.3) is 0 Å². The van der Waals surface area contributed by atoms with E-state index in [1.807, 2.05) is 0 Å². The summed E-state index contributed by atoms with van der Waals surface area (Å²) >= 11 is 1.80. The van der Waals surface area contributed by atoms with Gasteiger partial charge in [0.2, 0.25) is 5.91 Å². The molecule has 4 nitrogen and oxygen atoms in total. The Hall–Kier alpha value is -2.16. The highest BCUT2D eigenvalue weighted by molar-refractivity contribution is 7.10. The van der Waals surface area contributed by atoms with Crippen LogP contribution in [0.15, 0.2) is 35.7 Å². The predicted octanol–water partition coefficient (Wildman–Crippen LogP) is 2.62. The predicted molar refractivity (Wildman–Crippen MR) is 83.1 cm³/mol. The molecule has 0 aliphatic carbocycles. The van der Waals surface area contributed by atoms with Crippen LogP contribution in [-0.4, -0.2) is 23.9 Å². The Balaban J connectivity index is 1.56. The Bertz CT molecular complexity index is 684. The van der Waals surface area contributed by atoms with Crippen molar-refractivity contribution < 1.29 is 4.79 Å². The third-order valence-electron chi connectivity index (χ3n) is 3.55. The van der Waals surface area contributed by atoms with Gasteiger partial charge in [-0.3, -0.25) is 9.69 Å². The Morgan fingerprint density at radius 3 is 2.90 bits per heavy atom. The average Bonchev–Trinajstić information content (AvgIpc) is 2.95. The van der Waals surface area contributed by atoms with Gasteiger partial charge in [-0.25, -0.2) is 0 Å². The van der Waals surface area contributed by atoms with E-state index in [1.165, 1.54) is 10.4 Å². The minimum atomic E-state index is -0.0154. The van der Waals surface area contributed by atoms with Gasteiger partial charge in [0.15, 0.2) is 0 Å². The fourth-order valence-corrected chi connectivity index (χ4v) is 3.36. The monoisotopic (exact) mass is 297 g/mol. The normalized spacial score (nSPS) is 14.2. The van der Waals surface area contributed by atoms with Crippen molar-refractivity contribution in [2.24, 2.45) is 0 Å². The van der Waals surface area contributed by atoms with Crippen LogP contribution in [0.5, 0.6) is 0 Å². The number of anilines is 1. The molecule has 5 heteroatoms. The molecule has 0 radical (unpaired) electrons. The van der Waals surface area contributed by atoms with Gasteiger partial charge in [-0.05, 0) is 47.7 Å². The summed E-state index contributed by atoms with van der Waals surface area (Å²) in [7, 11) is 0. The largest absolute Gasteiger partial charge is 0.325 e. The van der Waals surface area contributed by atoms with E-state index < -0.39 is 0 Å². The van der Waals surface area contributed by atoms with Crippen molar-refractivity contribution in [2.45, 2.75) is 13.0 Å². The lowest BCUT2D eigenvalue weighted by Gasteiger charge is -2.26. The van der Waals surface area contributed by atoms with Crippen LogP contribution in [0.3, 0.4) is 0 Å². The van der Waals surface area contributed by atoms with E-state index in [2.05, 4.69) is 27.7 Å². The fourth-order valence-electron chi connectivity index (χ4n) is 2.47. The van der Waals surface area contributed by atoms with Crippen LogP contribution >= 0.6 is 11.3 Å². The zero-order chi connectivity index (χ0) is 14.7. The summed E-state index contributed by atoms with van der Waals surface area (Å²) in [5.74, 6) is -0.0154. The van der Waals surface area contributed by atoms with Gasteiger partial charge < -0.3 is 5.32 Å². The van der Waals surface area contributed by atoms with E-state index in [0.29, 0.717) is 12.1 Å². The van der Waals surface area contributed by atoms with Gasteiger partial charge in [-0.15, -0.1) is 11.3 Å². The smallest absolute Gasteiger partial charge is 0.238 e. The minimum absolute atomic E-state index is 0.0154. The maximum absolute atomic E-state index is 12.1. The van der Waals surface area contributed by atoms with E-state index in [9.17, 15) is 4.79 Å². The first-order valence-corrected chi connectivity index (χ1v) is 7.70. The van der Waals surface area contributed by atoms with Gasteiger partial charge in [-0.1, -0.05) is 0 Å². The van der Waals surface area contributed by atoms with Gasteiger partial charge in [0.25, 0.3) is 0 Å². The number of carbonyl (C=O) groups excluding carboxylic acids is 1. The van der Waals surface area contributed by atoms with Gasteiger partial charge in [0.05, 0.1) is 18.2 Å². The number of nitriles is 1. The van der Waals surface area contributed by atoms with Crippen molar-refractivity contribution in [2.75, 3.05) is 18.4 Å². The summed E-state index contributed by atoms with van der Waals surface area (Å²) in [5.41, 5.74) is 2.67. The van der Waals surface area contributed by atoms with Crippen molar-refractivity contribution in [3.63, 3.8) is 0 Å². The van der Waals surface area contributed by atoms with E-state index in [0.717, 1.165) is 25.2 Å². The van der Waals surface area contributed by atoms with E-state index in [-0.39, 0.29) is 5.91 Å². The van der Waals surface area contributed by atoms with Crippen molar-refractivity contribution >= 4 is 22.9 Å². The molecule has 1 aliphatic heterocycles. The molecule has 21 heavy (non-hydrogen) atoms. The molecule has 2 heterocycles. The summed E-state index contributed by atoms with van der Waals surface area (Å²) < 4.78 is 0. The first-order valence-electron chi connectivity index (χ1n) is 6.82. The number of carbonyl (C=O) groups is 1. The molecular weight excluding hydrogens is 282 g/mol. The number of nitrogens with zero attached hydrogens (tertiary/aromatic N) is 2. The molecule has 0 saturated carbocycles. The third kappa shape index (κ3) is 3.30. The summed E-state index contributed by atoms with van der Waals surface area (Å²) in [6.45, 7) is 2.17. The highest BCUT2D eigenvalue weighted by Gasteiger charge is 2.19. The van der Waals surface area contributed by atoms with Crippen LogP contribution in [0.2, 0.25) is 0 Å². The number of hydrogen-bond donors (Lipinski definition) is 1. The molecule has 0 bridgehead atoms. The summed E-state index contributed by atoms with van der Waals surface area (Å²) in [4.78, 5) is 15.7. The maximum Gasteiger partial charge on any atom is 0.238 e. The quantitative estimate of drug-likeness (QED) is 0.947. The molecular formula is C16H15N3OS. The highest BCUT2D eigenvalue weighted by Crippen LogP contribution is 2.23. The molecule has 2 aromatic rings. The summed E-state index contributed by atoms with van der Waals surface area (Å²) in [6, 6.07) is 11.1. The van der Waals surface area contributed by atoms with Crippen molar-refractivity contribution in [1.29, 1.82) is 5.26 Å². The Kier molecular flexibility index (Phi) is 4.00. The first-order chi connectivity index (χ1) is 10.2. The molecule has 1 aromatic carbocycles. The third-order valence-corrected chi connectivity index (χ3v) is 4.57. The van der Waals surface area contributed by atoms with E-state index in [4.69, 9.17) is 5.26 Å². The lowest BCUT2D eigenvalue weighted by atomic mass is 10.1. The lowest BCUT2D eigenvalue weighted by molar-refractivity contribution is -0.117. The second-order valence-corrected chi connectivity index (χ2v) is 6.07.